The number of nitrogens with zero attached hydrogens (tertiary/aromatic N) is 2. The van der Waals surface area contributed by atoms with Gasteiger partial charge >= 0.3 is 5.97 Å². The predicted molar refractivity (Wildman–Crippen MR) is 134 cm³/mol. The van der Waals surface area contributed by atoms with E-state index in [1.165, 1.54) is 12.1 Å². The number of aromatic amines is 1. The fraction of sp³-hybridized carbons (Fsp3) is 0.357. The number of halogens is 1. The molecule has 0 saturated carbocycles. The minimum Gasteiger partial charge on any atom is -0.480 e. The minimum absolute atomic E-state index is 0.00908. The van der Waals surface area contributed by atoms with E-state index in [2.05, 4.69) is 11.1 Å². The number of para-hydroxylation sites is 1. The van der Waals surface area contributed by atoms with Crippen LogP contribution in [0, 0.1) is 5.82 Å². The largest absolute Gasteiger partial charge is 0.480 e. The van der Waals surface area contributed by atoms with E-state index in [0.717, 1.165) is 45.0 Å². The van der Waals surface area contributed by atoms with Crippen LogP contribution >= 0.6 is 0 Å². The second-order valence-electron chi connectivity index (χ2n) is 9.48. The molecular formula is C28H30FN3O3. The quantitative estimate of drug-likeness (QED) is 0.383. The maximum Gasteiger partial charge on any atom is 0.326 e. The molecule has 1 unspecified atom stereocenters. The zero-order chi connectivity index (χ0) is 24.7. The summed E-state index contributed by atoms with van der Waals surface area (Å²) in [7, 11) is 1.85. The van der Waals surface area contributed by atoms with Crippen LogP contribution in [0.5, 0.6) is 0 Å². The van der Waals surface area contributed by atoms with Gasteiger partial charge in [-0.05, 0) is 67.5 Å². The summed E-state index contributed by atoms with van der Waals surface area (Å²) in [5.41, 5.74) is 4.87. The smallest absolute Gasteiger partial charge is 0.326 e. The maximum atomic E-state index is 14.2. The van der Waals surface area contributed by atoms with Crippen LogP contribution in [0.1, 0.15) is 49.0 Å². The Kier molecular flexibility index (Phi) is 6.09. The van der Waals surface area contributed by atoms with Crippen molar-refractivity contribution in [2.75, 3.05) is 7.05 Å². The van der Waals surface area contributed by atoms with Crippen molar-refractivity contribution in [2.24, 2.45) is 0 Å². The number of benzene rings is 2. The predicted octanol–water partition coefficient (Wildman–Crippen LogP) is 5.25. The van der Waals surface area contributed by atoms with Crippen LogP contribution in [0.4, 0.5) is 4.39 Å². The highest BCUT2D eigenvalue weighted by Gasteiger charge is 2.32. The average Bonchev–Trinajstić information content (AvgIpc) is 3.41. The number of hydrogen-bond donors (Lipinski definition) is 2. The number of aromatic nitrogens is 2. The van der Waals surface area contributed by atoms with Crippen LogP contribution in [0.3, 0.4) is 0 Å². The number of carboxylic acids is 1. The molecule has 1 amide bonds. The SMILES string of the molecule is CCC(C(=O)O)n1c2c(c3cc(F)ccc31)C[C@@H](N(C)C(=O)CCc1c[nH]c3ccccc13)CC2. The van der Waals surface area contributed by atoms with Gasteiger partial charge in [-0.25, -0.2) is 9.18 Å². The van der Waals surface area contributed by atoms with Gasteiger partial charge < -0.3 is 19.6 Å². The monoisotopic (exact) mass is 475 g/mol. The second-order valence-corrected chi connectivity index (χ2v) is 9.48. The second kappa shape index (κ2) is 9.21. The Labute approximate surface area is 203 Å². The molecule has 2 aromatic heterocycles. The molecule has 1 aliphatic rings. The van der Waals surface area contributed by atoms with Gasteiger partial charge in [0.25, 0.3) is 0 Å². The first kappa shape index (κ1) is 23.1. The number of likely N-dealkylation sites (N-methyl/N-ethyl adjacent to an activating group) is 1. The number of carboxylic acid groups (broad SMARTS) is 1. The molecule has 2 aromatic carbocycles. The van der Waals surface area contributed by atoms with Crippen molar-refractivity contribution in [1.82, 2.24) is 14.5 Å². The van der Waals surface area contributed by atoms with Gasteiger partial charge in [0, 0.05) is 53.2 Å². The number of aliphatic carboxylic acids is 1. The third kappa shape index (κ3) is 4.09. The Morgan fingerprint density at radius 3 is 2.80 bits per heavy atom. The minimum atomic E-state index is -0.886. The van der Waals surface area contributed by atoms with E-state index in [4.69, 9.17) is 0 Å². The Balaban J connectivity index is 1.38. The van der Waals surface area contributed by atoms with Crippen molar-refractivity contribution in [2.45, 2.75) is 57.5 Å². The van der Waals surface area contributed by atoms with Gasteiger partial charge in [-0.1, -0.05) is 25.1 Å². The number of hydrogen-bond acceptors (Lipinski definition) is 2. The third-order valence-corrected chi connectivity index (χ3v) is 7.54. The number of rotatable bonds is 7. The lowest BCUT2D eigenvalue weighted by atomic mass is 9.90. The Morgan fingerprint density at radius 1 is 1.23 bits per heavy atom. The lowest BCUT2D eigenvalue weighted by Crippen LogP contribution is -2.41. The van der Waals surface area contributed by atoms with E-state index >= 15 is 0 Å². The van der Waals surface area contributed by atoms with Gasteiger partial charge in [0.15, 0.2) is 0 Å². The molecular weight excluding hydrogens is 445 g/mol. The molecule has 182 valence electrons. The summed E-state index contributed by atoms with van der Waals surface area (Å²) in [6, 6.07) is 11.9. The molecule has 6 nitrogen and oxygen atoms in total. The number of amides is 1. The topological polar surface area (TPSA) is 78.3 Å². The molecule has 7 heteroatoms. The van der Waals surface area contributed by atoms with E-state index < -0.39 is 12.0 Å². The van der Waals surface area contributed by atoms with Crippen molar-refractivity contribution in [3.8, 4) is 0 Å². The van der Waals surface area contributed by atoms with E-state index in [-0.39, 0.29) is 17.8 Å². The van der Waals surface area contributed by atoms with Gasteiger partial charge in [0.1, 0.15) is 11.9 Å². The molecule has 35 heavy (non-hydrogen) atoms. The first-order chi connectivity index (χ1) is 16.9. The molecule has 0 bridgehead atoms. The van der Waals surface area contributed by atoms with E-state index in [1.54, 1.807) is 6.07 Å². The van der Waals surface area contributed by atoms with Gasteiger partial charge in [-0.3, -0.25) is 4.79 Å². The number of carbonyl (C=O) groups is 2. The first-order valence-electron chi connectivity index (χ1n) is 12.2. The Bertz CT molecular complexity index is 1420. The summed E-state index contributed by atoms with van der Waals surface area (Å²) < 4.78 is 16.1. The number of fused-ring (bicyclic) bond motifs is 4. The molecule has 0 aliphatic heterocycles. The molecule has 5 rings (SSSR count). The fourth-order valence-electron chi connectivity index (χ4n) is 5.66. The van der Waals surface area contributed by atoms with Gasteiger partial charge in [-0.2, -0.15) is 0 Å². The number of H-pyrrole nitrogens is 1. The van der Waals surface area contributed by atoms with Crippen LogP contribution in [0.25, 0.3) is 21.8 Å². The van der Waals surface area contributed by atoms with Crippen LogP contribution in [-0.4, -0.2) is 44.5 Å². The lowest BCUT2D eigenvalue weighted by molar-refractivity contribution is -0.141. The van der Waals surface area contributed by atoms with E-state index in [0.29, 0.717) is 32.1 Å². The van der Waals surface area contributed by atoms with Gasteiger partial charge in [0.05, 0.1) is 0 Å². The zero-order valence-corrected chi connectivity index (χ0v) is 20.1. The highest BCUT2D eigenvalue weighted by Crippen LogP contribution is 2.37. The summed E-state index contributed by atoms with van der Waals surface area (Å²) in [6.07, 6.45) is 5.48. The Morgan fingerprint density at radius 2 is 2.03 bits per heavy atom. The lowest BCUT2D eigenvalue weighted by Gasteiger charge is -2.32. The number of aryl methyl sites for hydroxylation is 1. The van der Waals surface area contributed by atoms with Crippen molar-refractivity contribution in [3.63, 3.8) is 0 Å². The number of carbonyl (C=O) groups excluding carboxylic acids is 1. The summed E-state index contributed by atoms with van der Waals surface area (Å²) in [4.78, 5) is 30.2. The molecule has 0 saturated heterocycles. The summed E-state index contributed by atoms with van der Waals surface area (Å²) in [5, 5.41) is 11.7. The standard InChI is InChI=1S/C28H30FN3O3/c1-3-24(28(34)35)32-25-11-9-18(29)14-21(25)22-15-19(10-12-26(22)32)31(2)27(33)13-8-17-16-30-23-7-5-4-6-20(17)23/h4-7,9,11,14,16,19,24,30H,3,8,10,12-13,15H2,1-2H3,(H,34,35)/t19-,24?/m0/s1. The van der Waals surface area contributed by atoms with Crippen molar-refractivity contribution in [3.05, 3.63) is 71.3 Å². The molecule has 2 heterocycles. The first-order valence-corrected chi connectivity index (χ1v) is 12.2. The molecule has 2 N–H and O–H groups in total. The molecule has 1 aliphatic carbocycles. The number of nitrogens with one attached hydrogen (secondary N) is 1. The molecule has 0 spiro atoms. The molecule has 0 fully saturated rings. The zero-order valence-electron chi connectivity index (χ0n) is 20.1. The van der Waals surface area contributed by atoms with E-state index in [1.807, 2.05) is 47.8 Å². The van der Waals surface area contributed by atoms with Crippen LogP contribution < -0.4 is 0 Å². The Hall–Kier alpha value is -3.61. The van der Waals surface area contributed by atoms with Crippen molar-refractivity contribution >= 4 is 33.7 Å². The summed E-state index contributed by atoms with van der Waals surface area (Å²) >= 11 is 0. The molecule has 0 radical (unpaired) electrons. The average molecular weight is 476 g/mol. The maximum absolute atomic E-state index is 14.2. The van der Waals surface area contributed by atoms with E-state index in [9.17, 15) is 19.1 Å². The summed E-state index contributed by atoms with van der Waals surface area (Å²) in [6.45, 7) is 1.85. The van der Waals surface area contributed by atoms with Crippen molar-refractivity contribution < 1.29 is 19.1 Å². The molecule has 4 aromatic rings. The van der Waals surface area contributed by atoms with Crippen LogP contribution in [-0.2, 0) is 28.9 Å². The van der Waals surface area contributed by atoms with Gasteiger partial charge in [0.2, 0.25) is 5.91 Å². The fourth-order valence-corrected chi connectivity index (χ4v) is 5.66. The highest BCUT2D eigenvalue weighted by atomic mass is 19.1. The van der Waals surface area contributed by atoms with Crippen molar-refractivity contribution in [1.29, 1.82) is 0 Å². The van der Waals surface area contributed by atoms with Gasteiger partial charge in [-0.15, -0.1) is 0 Å². The highest BCUT2D eigenvalue weighted by molar-refractivity contribution is 5.88. The van der Waals surface area contributed by atoms with Crippen LogP contribution in [0.2, 0.25) is 0 Å². The third-order valence-electron chi connectivity index (χ3n) is 7.54. The van der Waals surface area contributed by atoms with Crippen LogP contribution in [0.15, 0.2) is 48.7 Å². The molecule has 2 atom stereocenters. The normalized spacial score (nSPS) is 16.4. The summed E-state index contributed by atoms with van der Waals surface area (Å²) in [5.74, 6) is -1.15.